The van der Waals surface area contributed by atoms with Gasteiger partial charge in [-0.2, -0.15) is 0 Å². The minimum absolute atomic E-state index is 0.249. The molecule has 1 heterocycles. The normalized spacial score (nSPS) is 14.2. The van der Waals surface area contributed by atoms with Gasteiger partial charge in [-0.3, -0.25) is 4.79 Å². The molecule has 0 saturated heterocycles. The lowest BCUT2D eigenvalue weighted by Gasteiger charge is -2.21. The van der Waals surface area contributed by atoms with E-state index < -0.39 is 12.6 Å². The lowest BCUT2D eigenvalue weighted by atomic mass is 10.2. The minimum Gasteiger partial charge on any atom is -0.491 e. The largest absolute Gasteiger partial charge is 0.491 e. The van der Waals surface area contributed by atoms with Crippen LogP contribution >= 0.6 is 0 Å². The van der Waals surface area contributed by atoms with E-state index in [9.17, 15) is 9.59 Å². The van der Waals surface area contributed by atoms with Crippen molar-refractivity contribution in [2.75, 3.05) is 31.3 Å². The quantitative estimate of drug-likeness (QED) is 0.875. The molecule has 6 heteroatoms. The van der Waals surface area contributed by atoms with E-state index in [1.165, 1.54) is 0 Å². The summed E-state index contributed by atoms with van der Waals surface area (Å²) in [5.74, 6) is -0.696. The number of benzene rings is 1. The number of fused-ring (bicyclic) bond motifs is 1. The van der Waals surface area contributed by atoms with Crippen LogP contribution in [0.15, 0.2) is 24.3 Å². The number of amides is 1. The van der Waals surface area contributed by atoms with Crippen molar-refractivity contribution in [3.63, 3.8) is 0 Å². The molecule has 0 unspecified atom stereocenters. The lowest BCUT2D eigenvalue weighted by molar-refractivity contribution is -0.143. The third-order valence-corrected chi connectivity index (χ3v) is 2.69. The van der Waals surface area contributed by atoms with Crippen LogP contribution in [0.5, 0.6) is 5.75 Å². The Labute approximate surface area is 110 Å². The molecule has 2 rings (SSSR count). The smallest absolute Gasteiger partial charge is 0.329 e. The van der Waals surface area contributed by atoms with Crippen LogP contribution in [-0.4, -0.2) is 43.3 Å². The predicted octanol–water partition coefficient (Wildman–Crippen LogP) is 0.903. The van der Waals surface area contributed by atoms with Gasteiger partial charge in [0.05, 0.1) is 12.3 Å². The van der Waals surface area contributed by atoms with Gasteiger partial charge in [-0.1, -0.05) is 12.1 Å². The Morgan fingerprint density at radius 3 is 2.89 bits per heavy atom. The Morgan fingerprint density at radius 1 is 1.32 bits per heavy atom. The third-order valence-electron chi connectivity index (χ3n) is 2.69. The molecule has 0 aromatic heterocycles. The van der Waals surface area contributed by atoms with E-state index in [1.54, 1.807) is 17.0 Å². The maximum absolute atomic E-state index is 12.0. The summed E-state index contributed by atoms with van der Waals surface area (Å²) in [5, 5.41) is 8.47. The molecule has 0 aliphatic carbocycles. The van der Waals surface area contributed by atoms with E-state index in [2.05, 4.69) is 0 Å². The van der Waals surface area contributed by atoms with Gasteiger partial charge in [0, 0.05) is 6.54 Å². The van der Waals surface area contributed by atoms with Gasteiger partial charge in [-0.15, -0.1) is 0 Å². The number of carboxylic acids is 1. The summed E-state index contributed by atoms with van der Waals surface area (Å²) in [7, 11) is 0. The standard InChI is InChI=1S/C13H15NO5/c15-12(8-18-9-13(16)17)14-6-3-7-19-11-5-2-1-4-10(11)14/h1-2,4-5H,3,6-9H2,(H,16,17). The van der Waals surface area contributed by atoms with Crippen molar-refractivity contribution < 1.29 is 24.2 Å². The number of carboxylic acid groups (broad SMARTS) is 1. The molecule has 0 bridgehead atoms. The second kappa shape index (κ2) is 6.19. The Balaban J connectivity index is 2.06. The summed E-state index contributed by atoms with van der Waals surface area (Å²) >= 11 is 0. The number of ether oxygens (including phenoxy) is 2. The molecule has 0 fully saturated rings. The van der Waals surface area contributed by atoms with E-state index in [-0.39, 0.29) is 12.5 Å². The zero-order valence-electron chi connectivity index (χ0n) is 10.4. The molecule has 1 N–H and O–H groups in total. The number of anilines is 1. The second-order valence-corrected chi connectivity index (χ2v) is 4.10. The van der Waals surface area contributed by atoms with Crippen molar-refractivity contribution in [1.29, 1.82) is 0 Å². The average molecular weight is 265 g/mol. The highest BCUT2D eigenvalue weighted by molar-refractivity contribution is 5.95. The zero-order valence-corrected chi connectivity index (χ0v) is 10.4. The zero-order chi connectivity index (χ0) is 13.7. The fourth-order valence-corrected chi connectivity index (χ4v) is 1.89. The van der Waals surface area contributed by atoms with E-state index in [0.717, 1.165) is 6.42 Å². The summed E-state index contributed by atoms with van der Waals surface area (Å²) in [4.78, 5) is 24.0. The Hall–Kier alpha value is -2.08. The van der Waals surface area contributed by atoms with E-state index in [0.29, 0.717) is 24.6 Å². The van der Waals surface area contributed by atoms with E-state index in [1.807, 2.05) is 12.1 Å². The van der Waals surface area contributed by atoms with Crippen molar-refractivity contribution in [3.05, 3.63) is 24.3 Å². The molecule has 102 valence electrons. The molecule has 1 aliphatic rings. The van der Waals surface area contributed by atoms with Crippen molar-refractivity contribution in [2.24, 2.45) is 0 Å². The highest BCUT2D eigenvalue weighted by atomic mass is 16.5. The molecular formula is C13H15NO5. The van der Waals surface area contributed by atoms with Crippen LogP contribution < -0.4 is 9.64 Å². The number of para-hydroxylation sites is 2. The molecule has 1 amide bonds. The van der Waals surface area contributed by atoms with Crippen molar-refractivity contribution in [2.45, 2.75) is 6.42 Å². The van der Waals surface area contributed by atoms with Crippen LogP contribution in [0.2, 0.25) is 0 Å². The Bertz CT molecular complexity index is 474. The number of nitrogens with zero attached hydrogens (tertiary/aromatic N) is 1. The molecule has 0 spiro atoms. The summed E-state index contributed by atoms with van der Waals surface area (Å²) in [6.45, 7) is 0.363. The Kier molecular flexibility index (Phi) is 4.35. The highest BCUT2D eigenvalue weighted by Gasteiger charge is 2.21. The Morgan fingerprint density at radius 2 is 2.11 bits per heavy atom. The first kappa shape index (κ1) is 13.4. The second-order valence-electron chi connectivity index (χ2n) is 4.10. The number of carbonyl (C=O) groups is 2. The van der Waals surface area contributed by atoms with Crippen LogP contribution in [0.4, 0.5) is 5.69 Å². The van der Waals surface area contributed by atoms with Crippen molar-refractivity contribution in [3.8, 4) is 5.75 Å². The maximum Gasteiger partial charge on any atom is 0.329 e. The highest BCUT2D eigenvalue weighted by Crippen LogP contribution is 2.30. The van der Waals surface area contributed by atoms with Gasteiger partial charge in [0.1, 0.15) is 19.0 Å². The van der Waals surface area contributed by atoms with Crippen LogP contribution in [-0.2, 0) is 14.3 Å². The number of aliphatic carboxylic acids is 1. The topological polar surface area (TPSA) is 76.1 Å². The van der Waals surface area contributed by atoms with Gasteiger partial charge in [-0.05, 0) is 18.6 Å². The number of rotatable bonds is 4. The first-order chi connectivity index (χ1) is 9.18. The number of hydrogen-bond acceptors (Lipinski definition) is 4. The molecule has 0 saturated carbocycles. The molecule has 1 aliphatic heterocycles. The van der Waals surface area contributed by atoms with Gasteiger partial charge in [0.2, 0.25) is 0 Å². The van der Waals surface area contributed by atoms with Crippen LogP contribution in [0.25, 0.3) is 0 Å². The van der Waals surface area contributed by atoms with Gasteiger partial charge in [-0.25, -0.2) is 4.79 Å². The van der Waals surface area contributed by atoms with Crippen LogP contribution in [0.1, 0.15) is 6.42 Å². The van der Waals surface area contributed by atoms with Crippen LogP contribution in [0.3, 0.4) is 0 Å². The van der Waals surface area contributed by atoms with Gasteiger partial charge >= 0.3 is 5.97 Å². The minimum atomic E-state index is -1.09. The van der Waals surface area contributed by atoms with Gasteiger partial charge in [0.15, 0.2) is 0 Å². The molecule has 1 aromatic rings. The van der Waals surface area contributed by atoms with Crippen molar-refractivity contribution >= 4 is 17.6 Å². The monoisotopic (exact) mass is 265 g/mol. The van der Waals surface area contributed by atoms with E-state index >= 15 is 0 Å². The first-order valence-electron chi connectivity index (χ1n) is 6.00. The molecule has 6 nitrogen and oxygen atoms in total. The lowest BCUT2D eigenvalue weighted by Crippen LogP contribution is -2.35. The van der Waals surface area contributed by atoms with Crippen LogP contribution in [0, 0.1) is 0 Å². The number of carbonyl (C=O) groups excluding carboxylic acids is 1. The number of hydrogen-bond donors (Lipinski definition) is 1. The summed E-state index contributed by atoms with van der Waals surface area (Å²) in [5.41, 5.74) is 0.698. The molecule has 19 heavy (non-hydrogen) atoms. The predicted molar refractivity (Wildman–Crippen MR) is 67.4 cm³/mol. The molecular weight excluding hydrogens is 250 g/mol. The third kappa shape index (κ3) is 3.45. The van der Waals surface area contributed by atoms with Gasteiger partial charge in [0.25, 0.3) is 5.91 Å². The van der Waals surface area contributed by atoms with Gasteiger partial charge < -0.3 is 19.5 Å². The average Bonchev–Trinajstić information content (AvgIpc) is 2.60. The van der Waals surface area contributed by atoms with Crippen molar-refractivity contribution in [1.82, 2.24) is 0 Å². The fraction of sp³-hybridized carbons (Fsp3) is 0.385. The summed E-state index contributed by atoms with van der Waals surface area (Å²) in [6, 6.07) is 7.27. The molecule has 0 atom stereocenters. The SMILES string of the molecule is O=C(O)COCC(=O)N1CCCOc2ccccc21. The maximum atomic E-state index is 12.0. The molecule has 0 radical (unpaired) electrons. The summed E-state index contributed by atoms with van der Waals surface area (Å²) in [6.07, 6.45) is 0.722. The van der Waals surface area contributed by atoms with E-state index in [4.69, 9.17) is 14.6 Å². The fourth-order valence-electron chi connectivity index (χ4n) is 1.89. The molecule has 1 aromatic carbocycles. The first-order valence-corrected chi connectivity index (χ1v) is 6.00. The summed E-state index contributed by atoms with van der Waals surface area (Å²) < 4.78 is 10.4.